The summed E-state index contributed by atoms with van der Waals surface area (Å²) in [6.07, 6.45) is 1.21. The molecule has 18 heavy (non-hydrogen) atoms. The molecule has 1 aromatic carbocycles. The number of carbonyl (C=O) groups is 1. The summed E-state index contributed by atoms with van der Waals surface area (Å²) in [4.78, 5) is 14.0. The van der Waals surface area contributed by atoms with Gasteiger partial charge in [-0.2, -0.15) is 0 Å². The first kappa shape index (κ1) is 12.9. The van der Waals surface area contributed by atoms with Gasteiger partial charge in [-0.3, -0.25) is 4.79 Å². The molecule has 0 saturated carbocycles. The maximum absolute atomic E-state index is 12.1. The number of piperidine rings is 1. The molecule has 0 aromatic heterocycles. The smallest absolute Gasteiger partial charge is 0.260 e. The highest BCUT2D eigenvalue weighted by Gasteiger charge is 2.25. The molecule has 98 valence electrons. The molecule has 1 heterocycles. The molecule has 1 aliphatic rings. The number of hydrogen-bond acceptors (Lipinski definition) is 2. The summed E-state index contributed by atoms with van der Waals surface area (Å²) in [5.74, 6) is 2.03. The van der Waals surface area contributed by atoms with Crippen molar-refractivity contribution in [1.29, 1.82) is 0 Å². The van der Waals surface area contributed by atoms with Crippen molar-refractivity contribution in [3.63, 3.8) is 0 Å². The van der Waals surface area contributed by atoms with Crippen molar-refractivity contribution >= 4 is 5.91 Å². The third kappa shape index (κ3) is 3.49. The second-order valence-corrected chi connectivity index (χ2v) is 5.35. The molecule has 2 rings (SSSR count). The Morgan fingerprint density at radius 3 is 2.44 bits per heavy atom. The molecule has 2 atom stereocenters. The zero-order chi connectivity index (χ0) is 13.0. The predicted octanol–water partition coefficient (Wildman–Crippen LogP) is 2.57. The minimum atomic E-state index is 0.0947. The van der Waals surface area contributed by atoms with Gasteiger partial charge in [-0.1, -0.05) is 32.0 Å². The summed E-state index contributed by atoms with van der Waals surface area (Å²) in [5, 5.41) is 0. The molecule has 1 aromatic rings. The number of amides is 1. The van der Waals surface area contributed by atoms with E-state index in [-0.39, 0.29) is 12.5 Å². The molecule has 1 fully saturated rings. The van der Waals surface area contributed by atoms with Crippen molar-refractivity contribution in [3.8, 4) is 5.75 Å². The lowest BCUT2D eigenvalue weighted by Crippen LogP contribution is -2.44. The number of rotatable bonds is 3. The zero-order valence-corrected chi connectivity index (χ0v) is 11.1. The number of likely N-dealkylation sites (tertiary alicyclic amines) is 1. The number of para-hydroxylation sites is 1. The van der Waals surface area contributed by atoms with Gasteiger partial charge in [0, 0.05) is 13.1 Å². The lowest BCUT2D eigenvalue weighted by Gasteiger charge is -2.34. The van der Waals surface area contributed by atoms with E-state index in [1.165, 1.54) is 6.42 Å². The van der Waals surface area contributed by atoms with Gasteiger partial charge in [0.05, 0.1) is 0 Å². The summed E-state index contributed by atoms with van der Waals surface area (Å²) in [6.45, 7) is 6.27. The summed E-state index contributed by atoms with van der Waals surface area (Å²) in [6, 6.07) is 9.49. The van der Waals surface area contributed by atoms with Crippen molar-refractivity contribution < 1.29 is 9.53 Å². The second kappa shape index (κ2) is 5.89. The van der Waals surface area contributed by atoms with Crippen LogP contribution in [0.5, 0.6) is 5.75 Å². The van der Waals surface area contributed by atoms with Crippen LogP contribution < -0.4 is 4.74 Å². The van der Waals surface area contributed by atoms with Crippen LogP contribution in [-0.4, -0.2) is 30.5 Å². The topological polar surface area (TPSA) is 29.5 Å². The van der Waals surface area contributed by atoms with Crippen molar-refractivity contribution in [2.75, 3.05) is 19.7 Å². The highest BCUT2D eigenvalue weighted by Crippen LogP contribution is 2.21. The van der Waals surface area contributed by atoms with Crippen molar-refractivity contribution in [3.05, 3.63) is 30.3 Å². The van der Waals surface area contributed by atoms with Crippen LogP contribution in [0.3, 0.4) is 0 Å². The monoisotopic (exact) mass is 247 g/mol. The Labute approximate surface area is 109 Å². The average Bonchev–Trinajstić information content (AvgIpc) is 2.36. The van der Waals surface area contributed by atoms with Gasteiger partial charge in [-0.05, 0) is 30.4 Å². The summed E-state index contributed by atoms with van der Waals surface area (Å²) in [7, 11) is 0. The molecule has 0 unspecified atom stereocenters. The van der Waals surface area contributed by atoms with E-state index in [0.29, 0.717) is 11.8 Å². The molecule has 0 spiro atoms. The van der Waals surface area contributed by atoms with E-state index in [9.17, 15) is 4.79 Å². The van der Waals surface area contributed by atoms with Gasteiger partial charge >= 0.3 is 0 Å². The molecular formula is C15H21NO2. The Bertz CT molecular complexity index is 381. The molecule has 0 N–H and O–H groups in total. The van der Waals surface area contributed by atoms with Crippen molar-refractivity contribution in [2.45, 2.75) is 20.3 Å². The van der Waals surface area contributed by atoms with Crippen LogP contribution in [0.4, 0.5) is 0 Å². The molecule has 0 aliphatic carbocycles. The van der Waals surface area contributed by atoms with Gasteiger partial charge in [-0.25, -0.2) is 0 Å². The Kier molecular flexibility index (Phi) is 4.24. The molecule has 3 nitrogen and oxygen atoms in total. The van der Waals surface area contributed by atoms with Gasteiger partial charge in [0.25, 0.3) is 5.91 Å². The standard InChI is InChI=1S/C15H21NO2/c1-12-8-13(2)10-16(9-12)15(17)11-18-14-6-4-3-5-7-14/h3-7,12-13H,8-11H2,1-2H3/t12-,13+. The lowest BCUT2D eigenvalue weighted by atomic mass is 9.92. The fraction of sp³-hybridized carbons (Fsp3) is 0.533. The van der Waals surface area contributed by atoms with E-state index in [0.717, 1.165) is 18.8 Å². The van der Waals surface area contributed by atoms with E-state index < -0.39 is 0 Å². The van der Waals surface area contributed by atoms with Gasteiger partial charge < -0.3 is 9.64 Å². The Morgan fingerprint density at radius 1 is 1.22 bits per heavy atom. The van der Waals surface area contributed by atoms with Crippen molar-refractivity contribution in [1.82, 2.24) is 4.90 Å². The third-order valence-corrected chi connectivity index (χ3v) is 3.33. The number of benzene rings is 1. The Hall–Kier alpha value is -1.51. The maximum Gasteiger partial charge on any atom is 0.260 e. The summed E-state index contributed by atoms with van der Waals surface area (Å²) < 4.78 is 5.50. The number of nitrogens with zero attached hydrogens (tertiary/aromatic N) is 1. The third-order valence-electron chi connectivity index (χ3n) is 3.33. The van der Waals surface area contributed by atoms with Crippen LogP contribution >= 0.6 is 0 Å². The van der Waals surface area contributed by atoms with E-state index in [1.54, 1.807) is 0 Å². The fourth-order valence-electron chi connectivity index (χ4n) is 2.62. The van der Waals surface area contributed by atoms with Crippen LogP contribution in [-0.2, 0) is 4.79 Å². The molecule has 1 aliphatic heterocycles. The van der Waals surface area contributed by atoms with Gasteiger partial charge in [0.15, 0.2) is 6.61 Å². The molecule has 0 radical (unpaired) electrons. The van der Waals surface area contributed by atoms with Gasteiger partial charge in [-0.15, -0.1) is 0 Å². The normalized spacial score (nSPS) is 23.8. The zero-order valence-electron chi connectivity index (χ0n) is 11.1. The van der Waals surface area contributed by atoms with Gasteiger partial charge in [0.2, 0.25) is 0 Å². The number of hydrogen-bond donors (Lipinski definition) is 0. The minimum Gasteiger partial charge on any atom is -0.484 e. The minimum absolute atomic E-state index is 0.0947. The van der Waals surface area contributed by atoms with E-state index in [2.05, 4.69) is 13.8 Å². The molecule has 1 amide bonds. The van der Waals surface area contributed by atoms with Crippen LogP contribution in [0.15, 0.2) is 30.3 Å². The van der Waals surface area contributed by atoms with Crippen LogP contribution in [0.25, 0.3) is 0 Å². The highest BCUT2D eigenvalue weighted by atomic mass is 16.5. The quantitative estimate of drug-likeness (QED) is 0.821. The fourth-order valence-corrected chi connectivity index (χ4v) is 2.62. The molecular weight excluding hydrogens is 226 g/mol. The Balaban J connectivity index is 1.84. The second-order valence-electron chi connectivity index (χ2n) is 5.35. The first-order chi connectivity index (χ1) is 8.65. The molecule has 0 bridgehead atoms. The first-order valence-electron chi connectivity index (χ1n) is 6.60. The predicted molar refractivity (Wildman–Crippen MR) is 71.5 cm³/mol. The SMILES string of the molecule is C[C@@H]1C[C@H](C)CN(C(=O)COc2ccccc2)C1. The highest BCUT2D eigenvalue weighted by molar-refractivity contribution is 5.77. The summed E-state index contributed by atoms with van der Waals surface area (Å²) >= 11 is 0. The maximum atomic E-state index is 12.1. The largest absolute Gasteiger partial charge is 0.484 e. The van der Waals surface area contributed by atoms with E-state index in [1.807, 2.05) is 35.2 Å². The van der Waals surface area contributed by atoms with E-state index in [4.69, 9.17) is 4.74 Å². The van der Waals surface area contributed by atoms with E-state index >= 15 is 0 Å². The van der Waals surface area contributed by atoms with Crippen LogP contribution in [0.1, 0.15) is 20.3 Å². The first-order valence-corrected chi connectivity index (χ1v) is 6.60. The van der Waals surface area contributed by atoms with Crippen LogP contribution in [0.2, 0.25) is 0 Å². The van der Waals surface area contributed by atoms with Gasteiger partial charge in [0.1, 0.15) is 5.75 Å². The Morgan fingerprint density at radius 2 is 1.83 bits per heavy atom. The molecule has 3 heteroatoms. The lowest BCUT2D eigenvalue weighted by molar-refractivity contribution is -0.136. The molecule has 1 saturated heterocycles. The number of ether oxygens (including phenoxy) is 1. The summed E-state index contributed by atoms with van der Waals surface area (Å²) in [5.41, 5.74) is 0. The van der Waals surface area contributed by atoms with Crippen LogP contribution in [0, 0.1) is 11.8 Å². The van der Waals surface area contributed by atoms with Crippen molar-refractivity contribution in [2.24, 2.45) is 11.8 Å². The number of carbonyl (C=O) groups excluding carboxylic acids is 1. The average molecular weight is 247 g/mol.